The van der Waals surface area contributed by atoms with E-state index in [9.17, 15) is 18.8 Å². The van der Waals surface area contributed by atoms with Gasteiger partial charge in [0.05, 0.1) is 44.4 Å². The van der Waals surface area contributed by atoms with Gasteiger partial charge in [-0.1, -0.05) is 0 Å². The van der Waals surface area contributed by atoms with Crippen molar-refractivity contribution in [2.75, 3.05) is 43.1 Å². The molecule has 11 nitrogen and oxygen atoms in total. The molecule has 2 saturated heterocycles. The number of anilines is 2. The van der Waals surface area contributed by atoms with Gasteiger partial charge < -0.3 is 19.7 Å². The molecule has 0 aromatic heterocycles. The zero-order valence-corrected chi connectivity index (χ0v) is 17.8. The van der Waals surface area contributed by atoms with E-state index >= 15 is 0 Å². The molecule has 1 aromatic carbocycles. The largest absolute Gasteiger partial charge is 0.452 e. The van der Waals surface area contributed by atoms with Crippen molar-refractivity contribution in [3.05, 3.63) is 35.4 Å². The monoisotopic (exact) mass is 448 g/mol. The molecule has 0 bridgehead atoms. The average Bonchev–Trinajstić information content (AvgIpc) is 3.17. The molecule has 1 aromatic rings. The van der Waals surface area contributed by atoms with E-state index in [-0.39, 0.29) is 19.0 Å². The Hall–Kier alpha value is -3.59. The zero-order valence-electron chi connectivity index (χ0n) is 17.8. The molecule has 0 unspecified atom stereocenters. The molecule has 2 aliphatic heterocycles. The van der Waals surface area contributed by atoms with Crippen molar-refractivity contribution in [2.45, 2.75) is 31.5 Å². The lowest BCUT2D eigenvalue weighted by Crippen LogP contribution is -2.57. The highest BCUT2D eigenvalue weighted by Gasteiger charge is 2.41. The van der Waals surface area contributed by atoms with Crippen molar-refractivity contribution in [1.29, 1.82) is 0 Å². The number of carbonyl (C=O) groups is 3. The maximum Gasteiger partial charge on any atom is 0.421 e. The fourth-order valence-corrected chi connectivity index (χ4v) is 3.62. The average molecular weight is 448 g/mol. The van der Waals surface area contributed by atoms with Crippen molar-refractivity contribution in [2.24, 2.45) is 0 Å². The predicted octanol–water partition coefficient (Wildman–Crippen LogP) is 1.36. The molecule has 2 aliphatic rings. The van der Waals surface area contributed by atoms with E-state index in [0.717, 1.165) is 0 Å². The van der Waals surface area contributed by atoms with Gasteiger partial charge in [-0.15, -0.1) is 0 Å². The zero-order chi connectivity index (χ0) is 23.3. The molecule has 12 heteroatoms. The number of methoxy groups -OCH3 is 1. The minimum atomic E-state index is -0.997. The van der Waals surface area contributed by atoms with Crippen molar-refractivity contribution < 1.29 is 28.2 Å². The van der Waals surface area contributed by atoms with Crippen LogP contribution in [0.25, 0.3) is 4.85 Å². The van der Waals surface area contributed by atoms with Crippen LogP contribution in [0.3, 0.4) is 0 Å². The number of cyclic esters (lactones) is 1. The second-order valence-corrected chi connectivity index (χ2v) is 7.56. The van der Waals surface area contributed by atoms with Crippen LogP contribution in [0.4, 0.5) is 25.4 Å². The molecule has 1 atom stereocenters. The molecular formula is C20H25FN6O5. The molecule has 172 valence electrons. The number of rotatable bonds is 6. The molecule has 2 fully saturated rings. The summed E-state index contributed by atoms with van der Waals surface area (Å²) in [6, 6.07) is 4.49. The fourth-order valence-electron chi connectivity index (χ4n) is 3.62. The first-order chi connectivity index (χ1) is 15.3. The van der Waals surface area contributed by atoms with E-state index in [1.54, 1.807) is 12.1 Å². The summed E-state index contributed by atoms with van der Waals surface area (Å²) in [6.07, 6.45) is -1.10. The third-order valence-corrected chi connectivity index (χ3v) is 5.42. The van der Waals surface area contributed by atoms with Gasteiger partial charge in [-0.2, -0.15) is 5.43 Å². The van der Waals surface area contributed by atoms with Crippen LogP contribution >= 0.6 is 0 Å². The molecule has 2 heterocycles. The maximum absolute atomic E-state index is 14.9. The van der Waals surface area contributed by atoms with E-state index in [1.807, 2.05) is 4.90 Å². The normalized spacial score (nSPS) is 19.7. The summed E-state index contributed by atoms with van der Waals surface area (Å²) in [6.45, 7) is 10.0. The topological polar surface area (TPSA) is 117 Å². The number of nitrogens with one attached hydrogen (secondary N) is 3. The molecule has 32 heavy (non-hydrogen) atoms. The summed E-state index contributed by atoms with van der Waals surface area (Å²) < 4.78 is 24.6. The van der Waals surface area contributed by atoms with Gasteiger partial charge in [0.25, 0.3) is 0 Å². The van der Waals surface area contributed by atoms with Crippen LogP contribution in [0, 0.1) is 12.4 Å². The van der Waals surface area contributed by atoms with Gasteiger partial charge in [0.15, 0.2) is 0 Å². The number of hydrazine groups is 1. The number of nitrogens with zero attached hydrogens (tertiary/aromatic N) is 3. The van der Waals surface area contributed by atoms with Gasteiger partial charge in [0, 0.05) is 20.0 Å². The van der Waals surface area contributed by atoms with Crippen LogP contribution in [-0.4, -0.2) is 63.1 Å². The Balaban J connectivity index is 1.63. The SMILES string of the molecule is [C-]#[N+]C1(NNC(=O)OC)CCN(c2ccc(N3C[C@H](CNC(C)=O)OC3=O)cc2F)CC1. The van der Waals surface area contributed by atoms with Crippen LogP contribution in [0.5, 0.6) is 0 Å². The van der Waals surface area contributed by atoms with Gasteiger partial charge in [0.1, 0.15) is 11.9 Å². The van der Waals surface area contributed by atoms with Gasteiger partial charge >= 0.3 is 17.8 Å². The lowest BCUT2D eigenvalue weighted by molar-refractivity contribution is -0.119. The van der Waals surface area contributed by atoms with E-state index in [0.29, 0.717) is 37.3 Å². The summed E-state index contributed by atoms with van der Waals surface area (Å²) >= 11 is 0. The Morgan fingerprint density at radius 1 is 1.38 bits per heavy atom. The van der Waals surface area contributed by atoms with Gasteiger partial charge in [0.2, 0.25) is 5.91 Å². The van der Waals surface area contributed by atoms with Crippen molar-refractivity contribution in [1.82, 2.24) is 16.2 Å². The summed E-state index contributed by atoms with van der Waals surface area (Å²) in [5.74, 6) is -0.730. The number of piperidine rings is 1. The molecule has 0 saturated carbocycles. The Labute approximate surface area is 184 Å². The highest BCUT2D eigenvalue weighted by Crippen LogP contribution is 2.32. The molecular weight excluding hydrogens is 423 g/mol. The first kappa shape index (κ1) is 23.1. The van der Waals surface area contributed by atoms with E-state index in [1.165, 1.54) is 25.0 Å². The molecule has 0 radical (unpaired) electrons. The van der Waals surface area contributed by atoms with Crippen LogP contribution in [0.1, 0.15) is 19.8 Å². The Kier molecular flexibility index (Phi) is 6.99. The van der Waals surface area contributed by atoms with Crippen LogP contribution in [0.2, 0.25) is 0 Å². The number of amides is 3. The molecule has 0 spiro atoms. The van der Waals surface area contributed by atoms with Gasteiger partial charge in [-0.25, -0.2) is 26.0 Å². The standard InChI is InChI=1S/C20H25FN6O5/c1-13(28)23-11-15-12-27(19(30)32-15)14-4-5-17(16(21)10-14)26-8-6-20(22-2,7-9-26)25-24-18(29)31-3/h4-5,10,15,25H,6-9,11-12H2,1,3H3,(H,23,28)(H,24,29)/t15-/m0/s1. The minimum Gasteiger partial charge on any atom is -0.452 e. The van der Waals surface area contributed by atoms with E-state index < -0.39 is 29.8 Å². The lowest BCUT2D eigenvalue weighted by Gasteiger charge is -2.35. The van der Waals surface area contributed by atoms with E-state index in [4.69, 9.17) is 11.3 Å². The quantitative estimate of drug-likeness (QED) is 0.445. The fraction of sp³-hybridized carbons (Fsp3) is 0.500. The Bertz CT molecular complexity index is 928. The van der Waals surface area contributed by atoms with Crippen molar-refractivity contribution in [3.63, 3.8) is 0 Å². The van der Waals surface area contributed by atoms with Gasteiger partial charge in [-0.3, -0.25) is 14.5 Å². The smallest absolute Gasteiger partial charge is 0.421 e. The summed E-state index contributed by atoms with van der Waals surface area (Å²) in [7, 11) is 1.22. The number of benzene rings is 1. The number of carbonyl (C=O) groups excluding carboxylic acids is 3. The molecule has 0 aliphatic carbocycles. The van der Waals surface area contributed by atoms with E-state index in [2.05, 4.69) is 25.8 Å². The number of halogens is 1. The number of hydrogen-bond acceptors (Lipinski definition) is 7. The second kappa shape index (κ2) is 9.69. The van der Waals surface area contributed by atoms with Crippen molar-refractivity contribution >= 4 is 29.5 Å². The number of hydrogen-bond donors (Lipinski definition) is 3. The molecule has 3 amide bonds. The molecule has 3 rings (SSSR count). The summed E-state index contributed by atoms with van der Waals surface area (Å²) in [5.41, 5.74) is 4.76. The van der Waals surface area contributed by atoms with Crippen LogP contribution in [0.15, 0.2) is 18.2 Å². The third-order valence-electron chi connectivity index (χ3n) is 5.42. The van der Waals surface area contributed by atoms with Crippen LogP contribution < -0.4 is 26.0 Å². The van der Waals surface area contributed by atoms with Gasteiger partial charge in [-0.05, 0) is 18.2 Å². The summed E-state index contributed by atoms with van der Waals surface area (Å²) in [5, 5.41) is 2.59. The predicted molar refractivity (Wildman–Crippen MR) is 112 cm³/mol. The Morgan fingerprint density at radius 2 is 2.09 bits per heavy atom. The Morgan fingerprint density at radius 3 is 2.69 bits per heavy atom. The highest BCUT2D eigenvalue weighted by molar-refractivity contribution is 5.90. The maximum atomic E-state index is 14.9. The first-order valence-electron chi connectivity index (χ1n) is 10.0. The highest BCUT2D eigenvalue weighted by atomic mass is 19.1. The minimum absolute atomic E-state index is 0.188. The molecule has 3 N–H and O–H groups in total. The first-order valence-corrected chi connectivity index (χ1v) is 10.0. The lowest BCUT2D eigenvalue weighted by atomic mass is 9.97. The second-order valence-electron chi connectivity index (χ2n) is 7.56. The third kappa shape index (κ3) is 5.17. The number of ether oxygens (including phenoxy) is 2. The van der Waals surface area contributed by atoms with Crippen molar-refractivity contribution in [3.8, 4) is 0 Å². The van der Waals surface area contributed by atoms with Crippen LogP contribution in [-0.2, 0) is 14.3 Å². The summed E-state index contributed by atoms with van der Waals surface area (Å²) in [4.78, 5) is 41.2.